The highest BCUT2D eigenvalue weighted by molar-refractivity contribution is 7.10. The van der Waals surface area contributed by atoms with Gasteiger partial charge in [-0.25, -0.2) is 0 Å². The lowest BCUT2D eigenvalue weighted by Gasteiger charge is -2.24. The normalized spacial score (nSPS) is 12.3. The van der Waals surface area contributed by atoms with Gasteiger partial charge in [0.25, 0.3) is 5.91 Å². The SMILES string of the molecule is Cc1ccsc1[C@@H](CNC(=O)c1ccc(-c2ccn[nH]2)cc1)N(C)C. The molecule has 130 valence electrons. The van der Waals surface area contributed by atoms with E-state index >= 15 is 0 Å². The van der Waals surface area contributed by atoms with Crippen LogP contribution in [0.5, 0.6) is 0 Å². The van der Waals surface area contributed by atoms with Crippen LogP contribution in [0.25, 0.3) is 11.3 Å². The number of aromatic nitrogens is 2. The summed E-state index contributed by atoms with van der Waals surface area (Å²) in [5.41, 5.74) is 3.87. The molecule has 0 unspecified atom stereocenters. The largest absolute Gasteiger partial charge is 0.350 e. The maximum Gasteiger partial charge on any atom is 0.251 e. The molecule has 0 radical (unpaired) electrons. The van der Waals surface area contributed by atoms with Crippen molar-refractivity contribution >= 4 is 17.2 Å². The van der Waals surface area contributed by atoms with Gasteiger partial charge in [0.05, 0.1) is 11.7 Å². The highest BCUT2D eigenvalue weighted by atomic mass is 32.1. The van der Waals surface area contributed by atoms with Crippen LogP contribution in [-0.2, 0) is 0 Å². The number of carbonyl (C=O) groups excluding carboxylic acids is 1. The van der Waals surface area contributed by atoms with Crippen molar-refractivity contribution in [2.24, 2.45) is 0 Å². The van der Waals surface area contributed by atoms with E-state index < -0.39 is 0 Å². The van der Waals surface area contributed by atoms with Gasteiger partial charge in [0.15, 0.2) is 0 Å². The Morgan fingerprint density at radius 1 is 1.24 bits per heavy atom. The van der Waals surface area contributed by atoms with Gasteiger partial charge in [-0.05, 0) is 61.8 Å². The second-order valence-corrected chi connectivity index (χ2v) is 7.15. The first-order chi connectivity index (χ1) is 12.1. The summed E-state index contributed by atoms with van der Waals surface area (Å²) >= 11 is 1.73. The van der Waals surface area contributed by atoms with Gasteiger partial charge in [-0.3, -0.25) is 9.89 Å². The molecule has 2 aromatic heterocycles. The smallest absolute Gasteiger partial charge is 0.251 e. The van der Waals surface area contributed by atoms with Crippen molar-refractivity contribution in [2.75, 3.05) is 20.6 Å². The van der Waals surface area contributed by atoms with Crippen molar-refractivity contribution in [3.63, 3.8) is 0 Å². The lowest BCUT2D eigenvalue weighted by atomic mass is 10.1. The summed E-state index contributed by atoms with van der Waals surface area (Å²) in [5.74, 6) is -0.0581. The predicted molar refractivity (Wildman–Crippen MR) is 102 cm³/mol. The van der Waals surface area contributed by atoms with Crippen LogP contribution in [0.1, 0.15) is 26.8 Å². The van der Waals surface area contributed by atoms with E-state index in [1.807, 2.05) is 44.4 Å². The molecule has 5 nitrogen and oxygen atoms in total. The predicted octanol–water partition coefficient (Wildman–Crippen LogP) is 3.48. The Balaban J connectivity index is 1.66. The highest BCUT2D eigenvalue weighted by Gasteiger charge is 2.18. The summed E-state index contributed by atoms with van der Waals surface area (Å²) in [6.07, 6.45) is 1.71. The number of amides is 1. The molecule has 0 saturated heterocycles. The number of nitrogens with one attached hydrogen (secondary N) is 2. The summed E-state index contributed by atoms with van der Waals surface area (Å²) in [6, 6.07) is 11.7. The Bertz CT molecular complexity index is 821. The van der Waals surface area contributed by atoms with Gasteiger partial charge in [0.2, 0.25) is 0 Å². The van der Waals surface area contributed by atoms with Crippen molar-refractivity contribution in [2.45, 2.75) is 13.0 Å². The zero-order chi connectivity index (χ0) is 17.8. The van der Waals surface area contributed by atoms with Crippen LogP contribution in [0, 0.1) is 6.92 Å². The monoisotopic (exact) mass is 354 g/mol. The fraction of sp³-hybridized carbons (Fsp3) is 0.263. The van der Waals surface area contributed by atoms with E-state index in [4.69, 9.17) is 0 Å². The Morgan fingerprint density at radius 3 is 2.56 bits per heavy atom. The molecule has 0 aliphatic rings. The summed E-state index contributed by atoms with van der Waals surface area (Å²) in [6.45, 7) is 2.69. The molecule has 0 saturated carbocycles. The van der Waals surface area contributed by atoms with Gasteiger partial charge in [0, 0.05) is 23.2 Å². The molecule has 1 amide bonds. The van der Waals surface area contributed by atoms with Crippen LogP contribution in [0.3, 0.4) is 0 Å². The first-order valence-electron chi connectivity index (χ1n) is 8.14. The molecule has 1 aromatic carbocycles. The number of aryl methyl sites for hydroxylation is 1. The van der Waals surface area contributed by atoms with E-state index in [1.165, 1.54) is 10.4 Å². The topological polar surface area (TPSA) is 61.0 Å². The van der Waals surface area contributed by atoms with Crippen LogP contribution in [0.4, 0.5) is 0 Å². The number of thiophene rings is 1. The lowest BCUT2D eigenvalue weighted by Crippen LogP contribution is -2.34. The van der Waals surface area contributed by atoms with Crippen LogP contribution in [0.2, 0.25) is 0 Å². The molecular weight excluding hydrogens is 332 g/mol. The van der Waals surface area contributed by atoms with Crippen molar-refractivity contribution in [3.05, 3.63) is 64.0 Å². The molecule has 2 N–H and O–H groups in total. The molecule has 0 fully saturated rings. The summed E-state index contributed by atoms with van der Waals surface area (Å²) in [4.78, 5) is 15.9. The molecule has 0 spiro atoms. The Labute approximate surface area is 151 Å². The summed E-state index contributed by atoms with van der Waals surface area (Å²) in [7, 11) is 4.07. The molecular formula is C19H22N4OS. The van der Waals surface area contributed by atoms with E-state index in [0.717, 1.165) is 11.3 Å². The van der Waals surface area contributed by atoms with Crippen molar-refractivity contribution in [1.29, 1.82) is 0 Å². The van der Waals surface area contributed by atoms with Gasteiger partial charge in [-0.2, -0.15) is 5.10 Å². The van der Waals surface area contributed by atoms with E-state index in [2.05, 4.69) is 38.8 Å². The van der Waals surface area contributed by atoms with Crippen molar-refractivity contribution in [1.82, 2.24) is 20.4 Å². The second-order valence-electron chi connectivity index (χ2n) is 6.20. The standard InChI is InChI=1S/C19H22N4OS/c1-13-9-11-25-18(13)17(23(2)3)12-20-19(24)15-6-4-14(5-7-15)16-8-10-21-22-16/h4-11,17H,12H2,1-3H3,(H,20,24)(H,21,22)/t17-/m1/s1. The second kappa shape index (κ2) is 7.63. The number of likely N-dealkylation sites (N-methyl/N-ethyl adjacent to an activating group) is 1. The Kier molecular flexibility index (Phi) is 5.31. The number of hydrogen-bond donors (Lipinski definition) is 2. The number of carbonyl (C=O) groups is 1. The molecule has 25 heavy (non-hydrogen) atoms. The number of H-pyrrole nitrogens is 1. The van der Waals surface area contributed by atoms with Gasteiger partial charge >= 0.3 is 0 Å². The van der Waals surface area contributed by atoms with Gasteiger partial charge in [-0.1, -0.05) is 12.1 Å². The van der Waals surface area contributed by atoms with Crippen LogP contribution in [-0.4, -0.2) is 41.6 Å². The average molecular weight is 354 g/mol. The third-order valence-corrected chi connectivity index (χ3v) is 5.36. The number of nitrogens with zero attached hydrogens (tertiary/aromatic N) is 2. The average Bonchev–Trinajstić information content (AvgIpc) is 3.27. The number of aromatic amines is 1. The van der Waals surface area contributed by atoms with Gasteiger partial charge in [-0.15, -0.1) is 11.3 Å². The highest BCUT2D eigenvalue weighted by Crippen LogP contribution is 2.26. The van der Waals surface area contributed by atoms with Gasteiger partial charge < -0.3 is 10.2 Å². The third kappa shape index (κ3) is 3.97. The summed E-state index contributed by atoms with van der Waals surface area (Å²) in [5, 5.41) is 12.0. The van der Waals surface area contributed by atoms with Crippen LogP contribution >= 0.6 is 11.3 Å². The van der Waals surface area contributed by atoms with E-state index in [9.17, 15) is 4.79 Å². The summed E-state index contributed by atoms with van der Waals surface area (Å²) < 4.78 is 0. The molecule has 0 aliphatic heterocycles. The zero-order valence-corrected chi connectivity index (χ0v) is 15.4. The minimum absolute atomic E-state index is 0.0581. The molecule has 0 bridgehead atoms. The fourth-order valence-corrected chi connectivity index (χ4v) is 3.87. The first-order valence-corrected chi connectivity index (χ1v) is 9.02. The molecule has 0 aliphatic carbocycles. The van der Waals surface area contributed by atoms with Crippen molar-refractivity contribution in [3.8, 4) is 11.3 Å². The van der Waals surface area contributed by atoms with E-state index in [-0.39, 0.29) is 11.9 Å². The zero-order valence-electron chi connectivity index (χ0n) is 14.6. The van der Waals surface area contributed by atoms with Crippen molar-refractivity contribution < 1.29 is 4.79 Å². The quantitative estimate of drug-likeness (QED) is 0.712. The maximum atomic E-state index is 12.5. The van der Waals surface area contributed by atoms with E-state index in [0.29, 0.717) is 12.1 Å². The lowest BCUT2D eigenvalue weighted by molar-refractivity contribution is 0.0942. The van der Waals surface area contributed by atoms with Crippen LogP contribution < -0.4 is 5.32 Å². The van der Waals surface area contributed by atoms with Gasteiger partial charge in [0.1, 0.15) is 0 Å². The molecule has 6 heteroatoms. The minimum Gasteiger partial charge on any atom is -0.350 e. The molecule has 2 heterocycles. The fourth-order valence-electron chi connectivity index (χ4n) is 2.74. The molecule has 1 atom stereocenters. The molecule has 3 rings (SSSR count). The molecule has 3 aromatic rings. The third-order valence-electron chi connectivity index (χ3n) is 4.24. The minimum atomic E-state index is -0.0581. The van der Waals surface area contributed by atoms with E-state index in [1.54, 1.807) is 17.5 Å². The Hall–Kier alpha value is -2.44. The number of rotatable bonds is 6. The number of hydrogen-bond acceptors (Lipinski definition) is 4. The maximum absolute atomic E-state index is 12.5. The first kappa shape index (κ1) is 17.4. The Morgan fingerprint density at radius 2 is 2.00 bits per heavy atom. The number of benzene rings is 1. The van der Waals surface area contributed by atoms with Crippen LogP contribution in [0.15, 0.2) is 48.0 Å².